The lowest BCUT2D eigenvalue weighted by Crippen LogP contribution is -2.38. The Morgan fingerprint density at radius 3 is 2.25 bits per heavy atom. The first-order chi connectivity index (χ1) is 13.3. The van der Waals surface area contributed by atoms with E-state index in [9.17, 15) is 13.2 Å². The third-order valence-electron chi connectivity index (χ3n) is 4.90. The molecule has 2 aromatic rings. The van der Waals surface area contributed by atoms with Gasteiger partial charge in [-0.1, -0.05) is 42.0 Å². The molecule has 28 heavy (non-hydrogen) atoms. The summed E-state index contributed by atoms with van der Waals surface area (Å²) in [4.78, 5) is 14.7. The van der Waals surface area contributed by atoms with E-state index >= 15 is 0 Å². The van der Waals surface area contributed by atoms with Crippen LogP contribution in [0.5, 0.6) is 0 Å². The Morgan fingerprint density at radius 2 is 1.68 bits per heavy atom. The number of carbonyl (C=O) groups excluding carboxylic acids is 1. The number of benzene rings is 2. The largest absolute Gasteiger partial charge is 0.355 e. The minimum Gasteiger partial charge on any atom is -0.355 e. The Morgan fingerprint density at radius 1 is 1.07 bits per heavy atom. The number of sulfonamides is 1. The summed E-state index contributed by atoms with van der Waals surface area (Å²) in [6.45, 7) is 3.76. The summed E-state index contributed by atoms with van der Waals surface area (Å²) in [5.74, 6) is 0.0140. The molecular formula is C21H27N3O3S. The normalized spacial score (nSPS) is 14.2. The molecule has 0 aliphatic heterocycles. The van der Waals surface area contributed by atoms with E-state index in [1.165, 1.54) is 23.3 Å². The maximum atomic E-state index is 12.4. The SMILES string of the molecule is Cc1ccc(CN(CC(=O)NCCc2ccc(S(N)(=O)=O)cc2)C2CC2)cc1. The number of carbonyl (C=O) groups is 1. The molecule has 0 atom stereocenters. The van der Waals surface area contributed by atoms with Gasteiger partial charge in [0, 0.05) is 19.1 Å². The number of aryl methyl sites for hydroxylation is 1. The van der Waals surface area contributed by atoms with Crippen LogP contribution in [0.1, 0.15) is 29.5 Å². The number of nitrogens with zero attached hydrogens (tertiary/aromatic N) is 1. The highest BCUT2D eigenvalue weighted by Gasteiger charge is 2.30. The molecule has 0 radical (unpaired) electrons. The number of nitrogens with two attached hydrogens (primary N) is 1. The zero-order valence-electron chi connectivity index (χ0n) is 16.1. The summed E-state index contributed by atoms with van der Waals surface area (Å²) in [6.07, 6.45) is 2.93. The summed E-state index contributed by atoms with van der Waals surface area (Å²) < 4.78 is 22.5. The summed E-state index contributed by atoms with van der Waals surface area (Å²) in [5.41, 5.74) is 3.41. The number of nitrogens with one attached hydrogen (secondary N) is 1. The fraction of sp³-hybridized carbons (Fsp3) is 0.381. The minimum atomic E-state index is -3.67. The molecule has 6 nitrogen and oxygen atoms in total. The first kappa shape index (κ1) is 20.5. The molecule has 1 aliphatic rings. The van der Waals surface area contributed by atoms with Gasteiger partial charge in [-0.05, 0) is 49.4 Å². The van der Waals surface area contributed by atoms with E-state index in [1.807, 2.05) is 0 Å². The molecule has 1 fully saturated rings. The zero-order valence-corrected chi connectivity index (χ0v) is 16.9. The molecule has 0 aromatic heterocycles. The highest BCUT2D eigenvalue weighted by molar-refractivity contribution is 7.89. The van der Waals surface area contributed by atoms with Crippen molar-refractivity contribution in [3.8, 4) is 0 Å². The summed E-state index contributed by atoms with van der Waals surface area (Å²) in [6, 6.07) is 15.4. The lowest BCUT2D eigenvalue weighted by Gasteiger charge is -2.21. The van der Waals surface area contributed by atoms with E-state index in [-0.39, 0.29) is 10.8 Å². The summed E-state index contributed by atoms with van der Waals surface area (Å²) >= 11 is 0. The molecule has 150 valence electrons. The Hall–Kier alpha value is -2.22. The Kier molecular flexibility index (Phi) is 6.49. The van der Waals surface area contributed by atoms with Crippen molar-refractivity contribution in [2.24, 2.45) is 5.14 Å². The van der Waals surface area contributed by atoms with Crippen molar-refractivity contribution >= 4 is 15.9 Å². The van der Waals surface area contributed by atoms with Gasteiger partial charge in [-0.15, -0.1) is 0 Å². The van der Waals surface area contributed by atoms with Crippen molar-refractivity contribution in [3.63, 3.8) is 0 Å². The lowest BCUT2D eigenvalue weighted by molar-refractivity contribution is -0.122. The third-order valence-corrected chi connectivity index (χ3v) is 5.83. The van der Waals surface area contributed by atoms with Crippen molar-refractivity contribution in [3.05, 3.63) is 65.2 Å². The van der Waals surface area contributed by atoms with Crippen LogP contribution in [0.3, 0.4) is 0 Å². The Bertz CT molecular complexity index is 905. The van der Waals surface area contributed by atoms with E-state index < -0.39 is 10.0 Å². The molecule has 2 aromatic carbocycles. The molecule has 0 heterocycles. The van der Waals surface area contributed by atoms with E-state index in [2.05, 4.69) is 41.4 Å². The standard InChI is InChI=1S/C21H27N3O3S/c1-16-2-4-18(5-3-16)14-24(19-8-9-19)15-21(25)23-13-12-17-6-10-20(11-7-17)28(22,26)27/h2-7,10-11,19H,8-9,12-15H2,1H3,(H,23,25)(H2,22,26,27). The van der Waals surface area contributed by atoms with Crippen LogP contribution in [-0.2, 0) is 27.8 Å². The van der Waals surface area contributed by atoms with E-state index in [1.54, 1.807) is 12.1 Å². The van der Waals surface area contributed by atoms with Crippen LogP contribution >= 0.6 is 0 Å². The average molecular weight is 402 g/mol. The molecule has 0 unspecified atom stereocenters. The van der Waals surface area contributed by atoms with Crippen molar-refractivity contribution in [2.45, 2.75) is 43.7 Å². The second-order valence-corrected chi connectivity index (χ2v) is 8.97. The molecule has 7 heteroatoms. The van der Waals surface area contributed by atoms with Crippen LogP contribution in [0.4, 0.5) is 0 Å². The van der Waals surface area contributed by atoms with Gasteiger partial charge < -0.3 is 5.32 Å². The average Bonchev–Trinajstić information content (AvgIpc) is 3.48. The van der Waals surface area contributed by atoms with Gasteiger partial charge in [0.25, 0.3) is 0 Å². The predicted octanol–water partition coefficient (Wildman–Crippen LogP) is 1.97. The van der Waals surface area contributed by atoms with Gasteiger partial charge in [0.15, 0.2) is 0 Å². The smallest absolute Gasteiger partial charge is 0.238 e. The first-order valence-electron chi connectivity index (χ1n) is 9.49. The third kappa shape index (κ3) is 6.15. The number of primary sulfonamides is 1. The van der Waals surface area contributed by atoms with E-state index in [0.29, 0.717) is 25.6 Å². The first-order valence-corrected chi connectivity index (χ1v) is 11.0. The maximum absolute atomic E-state index is 12.4. The van der Waals surface area contributed by atoms with Crippen molar-refractivity contribution < 1.29 is 13.2 Å². The van der Waals surface area contributed by atoms with Crippen LogP contribution in [0.2, 0.25) is 0 Å². The van der Waals surface area contributed by atoms with Gasteiger partial charge in [-0.25, -0.2) is 13.6 Å². The van der Waals surface area contributed by atoms with Crippen molar-refractivity contribution in [2.75, 3.05) is 13.1 Å². The van der Waals surface area contributed by atoms with Gasteiger partial charge in [-0.3, -0.25) is 9.69 Å². The fourth-order valence-corrected chi connectivity index (χ4v) is 3.63. The van der Waals surface area contributed by atoms with Gasteiger partial charge in [0.2, 0.25) is 15.9 Å². The Labute approximate surface area is 166 Å². The Balaban J connectivity index is 1.46. The van der Waals surface area contributed by atoms with Crippen LogP contribution in [-0.4, -0.2) is 38.4 Å². The van der Waals surface area contributed by atoms with Crippen LogP contribution < -0.4 is 10.5 Å². The summed E-state index contributed by atoms with van der Waals surface area (Å²) in [5, 5.41) is 8.06. The maximum Gasteiger partial charge on any atom is 0.238 e. The molecule has 3 rings (SSSR count). The van der Waals surface area contributed by atoms with Gasteiger partial charge in [-0.2, -0.15) is 0 Å². The number of hydrogen-bond acceptors (Lipinski definition) is 4. The number of rotatable bonds is 9. The van der Waals surface area contributed by atoms with Crippen molar-refractivity contribution in [1.29, 1.82) is 0 Å². The van der Waals surface area contributed by atoms with Gasteiger partial charge in [0.1, 0.15) is 0 Å². The van der Waals surface area contributed by atoms with Crippen molar-refractivity contribution in [1.82, 2.24) is 10.2 Å². The zero-order chi connectivity index (χ0) is 20.1. The molecular weight excluding hydrogens is 374 g/mol. The predicted molar refractivity (Wildman–Crippen MR) is 109 cm³/mol. The number of hydrogen-bond donors (Lipinski definition) is 2. The molecule has 3 N–H and O–H groups in total. The van der Waals surface area contributed by atoms with E-state index in [4.69, 9.17) is 5.14 Å². The monoisotopic (exact) mass is 401 g/mol. The summed E-state index contributed by atoms with van der Waals surface area (Å²) in [7, 11) is -3.67. The molecule has 0 saturated heterocycles. The molecule has 0 bridgehead atoms. The molecule has 1 amide bonds. The van der Waals surface area contributed by atoms with Crippen LogP contribution in [0.25, 0.3) is 0 Å². The van der Waals surface area contributed by atoms with Gasteiger partial charge >= 0.3 is 0 Å². The highest BCUT2D eigenvalue weighted by Crippen LogP contribution is 2.28. The fourth-order valence-electron chi connectivity index (χ4n) is 3.11. The molecule has 1 aliphatic carbocycles. The lowest BCUT2D eigenvalue weighted by atomic mass is 10.1. The molecule has 0 spiro atoms. The van der Waals surface area contributed by atoms with Gasteiger partial charge in [0.05, 0.1) is 11.4 Å². The minimum absolute atomic E-state index is 0.0140. The quantitative estimate of drug-likeness (QED) is 0.672. The van der Waals surface area contributed by atoms with E-state index in [0.717, 1.165) is 24.9 Å². The second-order valence-electron chi connectivity index (χ2n) is 7.41. The topological polar surface area (TPSA) is 92.5 Å². The van der Waals surface area contributed by atoms with Crippen LogP contribution in [0, 0.1) is 6.92 Å². The molecule has 1 saturated carbocycles. The van der Waals surface area contributed by atoms with Crippen LogP contribution in [0.15, 0.2) is 53.4 Å². The second kappa shape index (κ2) is 8.86. The highest BCUT2D eigenvalue weighted by atomic mass is 32.2. The number of amides is 1.